The predicted octanol–water partition coefficient (Wildman–Crippen LogP) is 1.45. The molecule has 0 aliphatic carbocycles. The maximum Gasteiger partial charge on any atom is 0.286 e. The molecule has 0 atom stereocenters. The van der Waals surface area contributed by atoms with Crippen molar-refractivity contribution in [3.05, 3.63) is 71.8 Å². The van der Waals surface area contributed by atoms with Gasteiger partial charge in [0.25, 0.3) is 5.97 Å². The summed E-state index contributed by atoms with van der Waals surface area (Å²) in [5.41, 5.74) is 1.29. The van der Waals surface area contributed by atoms with Crippen LogP contribution in [0.2, 0.25) is 0 Å². The van der Waals surface area contributed by atoms with Crippen LogP contribution < -0.4 is 0 Å². The summed E-state index contributed by atoms with van der Waals surface area (Å²) in [4.78, 5) is 0. The van der Waals surface area contributed by atoms with Gasteiger partial charge in [0.2, 0.25) is 0 Å². The number of benzene rings is 2. The minimum Gasteiger partial charge on any atom is -0.343 e. The van der Waals surface area contributed by atoms with Crippen LogP contribution in [0, 0.1) is 0 Å². The van der Waals surface area contributed by atoms with E-state index in [4.69, 9.17) is 0 Å². The van der Waals surface area contributed by atoms with Gasteiger partial charge in [-0.15, -0.1) is 0 Å². The average molecular weight is 230 g/mol. The predicted molar refractivity (Wildman–Crippen MR) is 64.1 cm³/mol. The van der Waals surface area contributed by atoms with Crippen LogP contribution in [0.5, 0.6) is 0 Å². The molecule has 0 amide bonds. The first kappa shape index (κ1) is 11.8. The quantitative estimate of drug-likeness (QED) is 0.699. The topological polar surface area (TPSA) is 60.7 Å². The third kappa shape index (κ3) is 2.71. The molecule has 2 aromatic rings. The lowest BCUT2D eigenvalue weighted by molar-refractivity contribution is -0.319. The van der Waals surface area contributed by atoms with Gasteiger partial charge >= 0.3 is 0 Å². The lowest BCUT2D eigenvalue weighted by Crippen LogP contribution is -2.36. The van der Waals surface area contributed by atoms with E-state index in [0.29, 0.717) is 11.1 Å². The van der Waals surface area contributed by atoms with Gasteiger partial charge in [0.05, 0.1) is 5.92 Å². The molecule has 0 bridgehead atoms. The average Bonchev–Trinajstić information content (AvgIpc) is 2.30. The molecule has 2 rings (SSSR count). The Labute approximate surface area is 99.6 Å². The van der Waals surface area contributed by atoms with Crippen LogP contribution >= 0.6 is 0 Å². The molecule has 3 N–H and O–H groups in total. The van der Waals surface area contributed by atoms with E-state index in [1.807, 2.05) is 12.1 Å². The smallest absolute Gasteiger partial charge is 0.286 e. The number of hydrogen-bond donors (Lipinski definition) is 3. The zero-order valence-corrected chi connectivity index (χ0v) is 9.19. The van der Waals surface area contributed by atoms with Crippen molar-refractivity contribution in [2.24, 2.45) is 0 Å². The highest BCUT2D eigenvalue weighted by Crippen LogP contribution is 2.31. The van der Waals surface area contributed by atoms with Crippen molar-refractivity contribution < 1.29 is 15.3 Å². The van der Waals surface area contributed by atoms with Crippen molar-refractivity contribution in [3.8, 4) is 0 Å². The second-order valence-electron chi connectivity index (χ2n) is 3.94. The normalized spacial score (nSPS) is 11.8. The highest BCUT2D eigenvalue weighted by atomic mass is 16.7. The molecule has 0 aliphatic heterocycles. The Hall–Kier alpha value is -1.68. The van der Waals surface area contributed by atoms with Gasteiger partial charge in [0.15, 0.2) is 0 Å². The fraction of sp³-hybridized carbons (Fsp3) is 0.143. The molecule has 0 saturated heterocycles. The molecule has 3 nitrogen and oxygen atoms in total. The highest BCUT2D eigenvalue weighted by Gasteiger charge is 2.34. The van der Waals surface area contributed by atoms with E-state index in [1.165, 1.54) is 0 Å². The van der Waals surface area contributed by atoms with Crippen molar-refractivity contribution >= 4 is 0 Å². The summed E-state index contributed by atoms with van der Waals surface area (Å²) < 4.78 is 0. The number of hydrogen-bond acceptors (Lipinski definition) is 3. The van der Waals surface area contributed by atoms with E-state index in [9.17, 15) is 15.3 Å². The molecule has 0 fully saturated rings. The lowest BCUT2D eigenvalue weighted by Gasteiger charge is -2.26. The van der Waals surface area contributed by atoms with Gasteiger partial charge < -0.3 is 15.3 Å². The second-order valence-corrected chi connectivity index (χ2v) is 3.94. The van der Waals surface area contributed by atoms with Crippen LogP contribution in [0.3, 0.4) is 0 Å². The SMILES string of the molecule is OC(O)(O)C(c1ccccc1)c1ccccc1. The van der Waals surface area contributed by atoms with Crippen molar-refractivity contribution in [1.29, 1.82) is 0 Å². The Morgan fingerprint density at radius 1 is 0.647 bits per heavy atom. The summed E-state index contributed by atoms with van der Waals surface area (Å²) in [6.45, 7) is 0. The Kier molecular flexibility index (Phi) is 3.24. The van der Waals surface area contributed by atoms with Gasteiger partial charge in [-0.1, -0.05) is 60.7 Å². The molecule has 88 valence electrons. The molecule has 17 heavy (non-hydrogen) atoms. The van der Waals surface area contributed by atoms with Crippen molar-refractivity contribution in [1.82, 2.24) is 0 Å². The molecule has 0 heterocycles. The maximum absolute atomic E-state index is 9.50. The molecular formula is C14H14O3. The minimum absolute atomic E-state index is 0.645. The van der Waals surface area contributed by atoms with Crippen LogP contribution in [0.4, 0.5) is 0 Å². The van der Waals surface area contributed by atoms with E-state index >= 15 is 0 Å². The third-order valence-electron chi connectivity index (χ3n) is 2.65. The van der Waals surface area contributed by atoms with Gasteiger partial charge in [-0.3, -0.25) is 0 Å². The fourth-order valence-electron chi connectivity index (χ4n) is 1.93. The van der Waals surface area contributed by atoms with Crippen LogP contribution in [0.25, 0.3) is 0 Å². The molecule has 0 aliphatic rings. The fourth-order valence-corrected chi connectivity index (χ4v) is 1.93. The summed E-state index contributed by atoms with van der Waals surface area (Å²) >= 11 is 0. The standard InChI is InChI=1S/C14H14O3/c15-14(16,17)13(11-7-3-1-4-8-11)12-9-5-2-6-10-12/h1-10,13,15-17H. The van der Waals surface area contributed by atoms with Gasteiger partial charge in [0.1, 0.15) is 0 Å². The van der Waals surface area contributed by atoms with E-state index in [-0.39, 0.29) is 0 Å². The van der Waals surface area contributed by atoms with Gasteiger partial charge in [-0.2, -0.15) is 0 Å². The molecule has 0 unspecified atom stereocenters. The summed E-state index contributed by atoms with van der Waals surface area (Å²) in [6.07, 6.45) is 0. The zero-order chi connectivity index (χ0) is 12.3. The molecule has 0 aromatic heterocycles. The lowest BCUT2D eigenvalue weighted by atomic mass is 9.89. The number of rotatable bonds is 3. The first-order valence-electron chi connectivity index (χ1n) is 5.36. The Bertz CT molecular complexity index is 420. The zero-order valence-electron chi connectivity index (χ0n) is 9.19. The van der Waals surface area contributed by atoms with Crippen LogP contribution in [0.1, 0.15) is 17.0 Å². The van der Waals surface area contributed by atoms with E-state index in [0.717, 1.165) is 0 Å². The summed E-state index contributed by atoms with van der Waals surface area (Å²) in [7, 11) is 0. The highest BCUT2D eigenvalue weighted by molar-refractivity contribution is 5.33. The van der Waals surface area contributed by atoms with Crippen molar-refractivity contribution in [2.75, 3.05) is 0 Å². The first-order valence-corrected chi connectivity index (χ1v) is 5.36. The summed E-state index contributed by atoms with van der Waals surface area (Å²) in [5.74, 6) is -3.66. The van der Waals surface area contributed by atoms with E-state index in [1.54, 1.807) is 48.5 Å². The first-order chi connectivity index (χ1) is 8.09. The van der Waals surface area contributed by atoms with Crippen molar-refractivity contribution in [3.63, 3.8) is 0 Å². The van der Waals surface area contributed by atoms with Gasteiger partial charge in [0, 0.05) is 0 Å². The Morgan fingerprint density at radius 2 is 1.00 bits per heavy atom. The summed E-state index contributed by atoms with van der Waals surface area (Å²) in [5, 5.41) is 28.5. The van der Waals surface area contributed by atoms with E-state index < -0.39 is 11.9 Å². The second kappa shape index (κ2) is 4.67. The molecule has 2 aromatic carbocycles. The molecule has 3 heteroatoms. The monoisotopic (exact) mass is 230 g/mol. The number of aliphatic hydroxyl groups is 3. The molecule has 0 spiro atoms. The molecule has 0 saturated carbocycles. The summed E-state index contributed by atoms with van der Waals surface area (Å²) in [6, 6.07) is 17.8. The minimum atomic E-state index is -2.78. The van der Waals surface area contributed by atoms with Gasteiger partial charge in [-0.05, 0) is 11.1 Å². The van der Waals surface area contributed by atoms with Gasteiger partial charge in [-0.25, -0.2) is 0 Å². The largest absolute Gasteiger partial charge is 0.343 e. The third-order valence-corrected chi connectivity index (χ3v) is 2.65. The van der Waals surface area contributed by atoms with Crippen LogP contribution in [-0.4, -0.2) is 21.3 Å². The Balaban J connectivity index is 2.48. The van der Waals surface area contributed by atoms with Crippen LogP contribution in [0.15, 0.2) is 60.7 Å². The molecular weight excluding hydrogens is 216 g/mol. The Morgan fingerprint density at radius 3 is 1.29 bits per heavy atom. The molecule has 0 radical (unpaired) electrons. The van der Waals surface area contributed by atoms with Crippen molar-refractivity contribution in [2.45, 2.75) is 11.9 Å². The maximum atomic E-state index is 9.50. The van der Waals surface area contributed by atoms with Crippen LogP contribution in [-0.2, 0) is 0 Å². The van der Waals surface area contributed by atoms with E-state index in [2.05, 4.69) is 0 Å².